The summed E-state index contributed by atoms with van der Waals surface area (Å²) >= 11 is 0. The maximum absolute atomic E-state index is 13.3. The number of esters is 2. The van der Waals surface area contributed by atoms with Crippen molar-refractivity contribution in [3.05, 3.63) is 46.6 Å². The first-order valence-corrected chi connectivity index (χ1v) is 14.1. The highest BCUT2D eigenvalue weighted by Crippen LogP contribution is 2.60. The zero-order chi connectivity index (χ0) is 31.6. The van der Waals surface area contributed by atoms with Crippen molar-refractivity contribution >= 4 is 11.9 Å². The molecule has 1 aliphatic carbocycles. The molecule has 0 N–H and O–H groups in total. The summed E-state index contributed by atoms with van der Waals surface area (Å²) in [5.74, 6) is 0.504. The molecule has 0 bridgehead atoms. The summed E-state index contributed by atoms with van der Waals surface area (Å²) in [6.45, 7) is 10.8. The number of rotatable bonds is 8. The summed E-state index contributed by atoms with van der Waals surface area (Å²) in [4.78, 5) is 26.6. The fraction of sp³-hybridized carbons (Fsp3) is 0.455. The van der Waals surface area contributed by atoms with Gasteiger partial charge in [0, 0.05) is 45.2 Å². The first-order valence-electron chi connectivity index (χ1n) is 14.1. The van der Waals surface area contributed by atoms with E-state index in [1.165, 1.54) is 28.4 Å². The fourth-order valence-electron chi connectivity index (χ4n) is 5.48. The minimum absolute atomic E-state index is 0.0124. The Morgan fingerprint density at radius 2 is 1.21 bits per heavy atom. The van der Waals surface area contributed by atoms with Gasteiger partial charge in [-0.05, 0) is 39.8 Å². The summed E-state index contributed by atoms with van der Waals surface area (Å²) in [6.07, 6.45) is 1.75. The molecule has 0 unspecified atom stereocenters. The topological polar surface area (TPSA) is 108 Å². The van der Waals surface area contributed by atoms with E-state index in [1.54, 1.807) is 45.9 Å². The second kappa shape index (κ2) is 12.9. The molecule has 4 atom stereocenters. The summed E-state index contributed by atoms with van der Waals surface area (Å²) in [5.41, 5.74) is 3.15. The van der Waals surface area contributed by atoms with Crippen molar-refractivity contribution in [3.63, 3.8) is 0 Å². The van der Waals surface area contributed by atoms with E-state index in [-0.39, 0.29) is 18.6 Å². The maximum Gasteiger partial charge on any atom is 0.333 e. The van der Waals surface area contributed by atoms with Crippen LogP contribution in [0.3, 0.4) is 0 Å². The summed E-state index contributed by atoms with van der Waals surface area (Å²) in [6, 6.07) is 3.59. The van der Waals surface area contributed by atoms with Gasteiger partial charge in [0.05, 0.1) is 28.4 Å². The molecule has 10 nitrogen and oxygen atoms in total. The minimum atomic E-state index is -0.826. The molecule has 10 heteroatoms. The monoisotopic (exact) mass is 596 g/mol. The van der Waals surface area contributed by atoms with Crippen molar-refractivity contribution in [2.75, 3.05) is 35.2 Å². The van der Waals surface area contributed by atoms with Gasteiger partial charge in [-0.3, -0.25) is 0 Å². The zero-order valence-corrected chi connectivity index (χ0v) is 26.4. The molecule has 0 saturated heterocycles. The van der Waals surface area contributed by atoms with Crippen molar-refractivity contribution in [2.45, 2.75) is 53.8 Å². The third-order valence-electron chi connectivity index (χ3n) is 8.34. The van der Waals surface area contributed by atoms with E-state index in [9.17, 15) is 9.59 Å². The lowest BCUT2D eigenvalue weighted by Gasteiger charge is -2.39. The normalized spacial score (nSPS) is 21.1. The number of fused-ring (bicyclic) bond motifs is 4. The number of hydrogen-bond acceptors (Lipinski definition) is 10. The lowest BCUT2D eigenvalue weighted by molar-refractivity contribution is -0.156. The predicted molar refractivity (Wildman–Crippen MR) is 159 cm³/mol. The summed E-state index contributed by atoms with van der Waals surface area (Å²) in [7, 11) is 6.07. The number of hydrogen-bond donors (Lipinski definition) is 0. The van der Waals surface area contributed by atoms with Crippen LogP contribution >= 0.6 is 0 Å². The van der Waals surface area contributed by atoms with Gasteiger partial charge in [0.1, 0.15) is 12.2 Å². The van der Waals surface area contributed by atoms with Gasteiger partial charge in [0.25, 0.3) is 0 Å². The molecule has 2 aromatic carbocycles. The molecule has 43 heavy (non-hydrogen) atoms. The van der Waals surface area contributed by atoms with E-state index < -0.39 is 24.1 Å². The first kappa shape index (κ1) is 31.6. The van der Waals surface area contributed by atoms with Crippen LogP contribution in [0.4, 0.5) is 0 Å². The van der Waals surface area contributed by atoms with Crippen LogP contribution in [-0.2, 0) is 19.1 Å². The molecule has 2 aliphatic rings. The molecule has 0 aromatic heterocycles. The van der Waals surface area contributed by atoms with Gasteiger partial charge in [0.15, 0.2) is 23.0 Å². The molecule has 2 aromatic rings. The van der Waals surface area contributed by atoms with Crippen LogP contribution in [0, 0.1) is 11.8 Å². The van der Waals surface area contributed by atoms with Gasteiger partial charge >= 0.3 is 11.9 Å². The van der Waals surface area contributed by atoms with Gasteiger partial charge in [0.2, 0.25) is 18.3 Å². The van der Waals surface area contributed by atoms with Crippen LogP contribution in [0.5, 0.6) is 34.5 Å². The van der Waals surface area contributed by atoms with E-state index in [2.05, 4.69) is 0 Å². The molecule has 4 rings (SSSR count). The Labute approximate surface area is 252 Å². The van der Waals surface area contributed by atoms with E-state index in [0.717, 1.165) is 0 Å². The Bertz CT molecular complexity index is 1470. The van der Waals surface area contributed by atoms with Crippen molar-refractivity contribution in [3.8, 4) is 45.6 Å². The first-order chi connectivity index (χ1) is 20.6. The lowest BCUT2D eigenvalue weighted by atomic mass is 9.74. The number of carbonyl (C=O) groups is 2. The number of ether oxygens (including phenoxy) is 8. The highest BCUT2D eigenvalue weighted by molar-refractivity contribution is 5.92. The van der Waals surface area contributed by atoms with Gasteiger partial charge < -0.3 is 37.9 Å². The Balaban J connectivity index is 2.20. The Hall–Kier alpha value is -4.34. The molecule has 1 heterocycles. The van der Waals surface area contributed by atoms with E-state index >= 15 is 0 Å². The van der Waals surface area contributed by atoms with Crippen molar-refractivity contribution in [1.82, 2.24) is 0 Å². The SMILES string of the molecule is CC=C(C)C(=O)O[C@H]1c2cc(OC)c(OC)c(OC)c2-c2c(cc3c(c2OC)OCO3)[C@H](OC(=O)C(C)=CC)[C@H](C)[C@H]1C. The number of methoxy groups -OCH3 is 4. The molecule has 0 radical (unpaired) electrons. The van der Waals surface area contributed by atoms with Crippen LogP contribution in [0.25, 0.3) is 11.1 Å². The second-order valence-corrected chi connectivity index (χ2v) is 10.5. The highest BCUT2D eigenvalue weighted by atomic mass is 16.7. The summed E-state index contributed by atoms with van der Waals surface area (Å²) < 4.78 is 47.7. The number of benzene rings is 2. The zero-order valence-electron chi connectivity index (χ0n) is 26.4. The fourth-order valence-corrected chi connectivity index (χ4v) is 5.48. The minimum Gasteiger partial charge on any atom is -0.493 e. The second-order valence-electron chi connectivity index (χ2n) is 10.5. The standard InChI is InChI=1S/C33H40O10/c1-11-16(3)32(34)42-26-18(5)19(6)27(43-33(35)17(4)12-2)21-14-23-29(41-15-40-23)31(39-10)25(21)24-20(26)13-22(36-7)28(37-8)30(24)38-9/h11-14,18-19,26-27H,15H2,1-10H3/t18-,19-,26-,27-/m1/s1. The third kappa shape index (κ3) is 5.46. The molecular weight excluding hydrogens is 556 g/mol. The average Bonchev–Trinajstić information content (AvgIpc) is 3.50. The summed E-state index contributed by atoms with van der Waals surface area (Å²) in [5, 5.41) is 0. The molecule has 0 amide bonds. The predicted octanol–water partition coefficient (Wildman–Crippen LogP) is 6.50. The van der Waals surface area contributed by atoms with Gasteiger partial charge in [-0.25, -0.2) is 9.59 Å². The highest BCUT2D eigenvalue weighted by Gasteiger charge is 2.44. The molecule has 232 valence electrons. The Kier molecular flexibility index (Phi) is 9.47. The number of carbonyl (C=O) groups excluding carboxylic acids is 2. The molecule has 0 spiro atoms. The Morgan fingerprint density at radius 3 is 1.67 bits per heavy atom. The molecule has 0 saturated carbocycles. The molecular formula is C33H40O10. The maximum atomic E-state index is 13.3. The van der Waals surface area contributed by atoms with Crippen LogP contribution in [-0.4, -0.2) is 47.2 Å². The smallest absolute Gasteiger partial charge is 0.333 e. The quantitative estimate of drug-likeness (QED) is 0.247. The lowest BCUT2D eigenvalue weighted by Crippen LogP contribution is -2.31. The average molecular weight is 597 g/mol. The number of allylic oxidation sites excluding steroid dienone is 2. The van der Waals surface area contributed by atoms with Crippen LogP contribution < -0.4 is 28.4 Å². The van der Waals surface area contributed by atoms with Crippen molar-refractivity contribution in [2.24, 2.45) is 11.8 Å². The van der Waals surface area contributed by atoms with Crippen molar-refractivity contribution in [1.29, 1.82) is 0 Å². The van der Waals surface area contributed by atoms with Crippen molar-refractivity contribution < 1.29 is 47.5 Å². The van der Waals surface area contributed by atoms with Crippen LogP contribution in [0.15, 0.2) is 35.4 Å². The Morgan fingerprint density at radius 1 is 0.721 bits per heavy atom. The largest absolute Gasteiger partial charge is 0.493 e. The van der Waals surface area contributed by atoms with Crippen LogP contribution in [0.2, 0.25) is 0 Å². The molecule has 1 aliphatic heterocycles. The van der Waals surface area contributed by atoms with E-state index in [4.69, 9.17) is 37.9 Å². The van der Waals surface area contributed by atoms with E-state index in [0.29, 0.717) is 67.9 Å². The van der Waals surface area contributed by atoms with Crippen LogP contribution in [0.1, 0.15) is 64.9 Å². The molecule has 0 fully saturated rings. The van der Waals surface area contributed by atoms with E-state index in [1.807, 2.05) is 19.9 Å². The van der Waals surface area contributed by atoms with Gasteiger partial charge in [-0.1, -0.05) is 26.0 Å². The van der Waals surface area contributed by atoms with Gasteiger partial charge in [-0.2, -0.15) is 0 Å². The van der Waals surface area contributed by atoms with Gasteiger partial charge in [-0.15, -0.1) is 0 Å². The third-order valence-corrected chi connectivity index (χ3v) is 8.34.